The molecule has 1 fully saturated rings. The summed E-state index contributed by atoms with van der Waals surface area (Å²) < 4.78 is 0. The first kappa shape index (κ1) is 18.7. The Balaban J connectivity index is 0.00000208. The number of rotatable bonds is 4. The Hall–Kier alpha value is -1.63. The number of carbonyl (C=O) groups excluding carboxylic acids is 1. The summed E-state index contributed by atoms with van der Waals surface area (Å²) in [6, 6.07) is 9.76. The zero-order valence-electron chi connectivity index (χ0n) is 13.7. The van der Waals surface area contributed by atoms with Gasteiger partial charge >= 0.3 is 0 Å². The van der Waals surface area contributed by atoms with Crippen molar-refractivity contribution in [3.05, 3.63) is 41.7 Å². The van der Waals surface area contributed by atoms with Crippen LogP contribution in [0.3, 0.4) is 0 Å². The molecule has 1 aliphatic rings. The Bertz CT molecular complexity index is 682. The molecule has 1 aromatic carbocycles. The molecule has 0 spiro atoms. The van der Waals surface area contributed by atoms with E-state index in [-0.39, 0.29) is 24.2 Å². The van der Waals surface area contributed by atoms with Crippen molar-refractivity contribution in [2.24, 2.45) is 5.92 Å². The highest BCUT2D eigenvalue weighted by atomic mass is 35.5. The van der Waals surface area contributed by atoms with Crippen LogP contribution in [0.1, 0.15) is 17.8 Å². The number of aromatic nitrogens is 2. The van der Waals surface area contributed by atoms with Gasteiger partial charge in [-0.3, -0.25) is 4.79 Å². The van der Waals surface area contributed by atoms with Gasteiger partial charge in [0.25, 0.3) is 0 Å². The number of nitrogens with zero attached hydrogens (tertiary/aromatic N) is 2. The van der Waals surface area contributed by atoms with Crippen LogP contribution in [0.4, 0.5) is 5.69 Å². The van der Waals surface area contributed by atoms with Crippen molar-refractivity contribution in [2.75, 3.05) is 18.4 Å². The van der Waals surface area contributed by atoms with Gasteiger partial charge in [-0.1, -0.05) is 0 Å². The van der Waals surface area contributed by atoms with Crippen molar-refractivity contribution >= 4 is 35.8 Å². The van der Waals surface area contributed by atoms with Crippen LogP contribution in [0.5, 0.6) is 0 Å². The molecule has 2 heterocycles. The smallest absolute Gasteiger partial charge is 0.228 e. The SMILES string of the molecule is Cc1cc(C)nc(Sc2ccc(NC(=O)C3CCNC3)cc2)n1.Cl. The van der Waals surface area contributed by atoms with Crippen molar-refractivity contribution in [1.82, 2.24) is 15.3 Å². The lowest BCUT2D eigenvalue weighted by atomic mass is 10.1. The van der Waals surface area contributed by atoms with Crippen LogP contribution in [0, 0.1) is 19.8 Å². The minimum Gasteiger partial charge on any atom is -0.326 e. The summed E-state index contributed by atoms with van der Waals surface area (Å²) >= 11 is 1.52. The molecule has 7 heteroatoms. The van der Waals surface area contributed by atoms with Crippen molar-refractivity contribution in [3.63, 3.8) is 0 Å². The minimum absolute atomic E-state index is 0. The number of benzene rings is 1. The lowest BCUT2D eigenvalue weighted by Gasteiger charge is -2.10. The molecule has 3 rings (SSSR count). The van der Waals surface area contributed by atoms with Crippen LogP contribution in [0.15, 0.2) is 40.4 Å². The normalized spacial score (nSPS) is 16.5. The van der Waals surface area contributed by atoms with Gasteiger partial charge in [0.2, 0.25) is 5.91 Å². The van der Waals surface area contributed by atoms with Gasteiger partial charge in [0.05, 0.1) is 5.92 Å². The standard InChI is InChI=1S/C17H20N4OS.ClH/c1-11-9-12(2)20-17(19-11)23-15-5-3-14(4-6-15)21-16(22)13-7-8-18-10-13;/h3-6,9,13,18H,7-8,10H2,1-2H3,(H,21,22);1H. The first-order valence-corrected chi connectivity index (χ1v) is 8.53. The van der Waals surface area contributed by atoms with Crippen molar-refractivity contribution in [1.29, 1.82) is 0 Å². The van der Waals surface area contributed by atoms with Gasteiger partial charge in [-0.2, -0.15) is 0 Å². The molecule has 0 radical (unpaired) electrons. The molecule has 1 amide bonds. The van der Waals surface area contributed by atoms with E-state index in [1.54, 1.807) is 0 Å². The van der Waals surface area contributed by atoms with E-state index >= 15 is 0 Å². The Labute approximate surface area is 152 Å². The first-order chi connectivity index (χ1) is 11.1. The molecule has 0 saturated carbocycles. The molecule has 0 bridgehead atoms. The van der Waals surface area contributed by atoms with Crippen LogP contribution in [0.25, 0.3) is 0 Å². The molecule has 128 valence electrons. The molecule has 1 unspecified atom stereocenters. The van der Waals surface area contributed by atoms with Crippen LogP contribution >= 0.6 is 24.2 Å². The van der Waals surface area contributed by atoms with Gasteiger partial charge in [0.1, 0.15) is 0 Å². The third-order valence-electron chi connectivity index (χ3n) is 3.72. The maximum absolute atomic E-state index is 12.1. The predicted octanol–water partition coefficient (Wildman–Crippen LogP) is 3.21. The van der Waals surface area contributed by atoms with Gasteiger partial charge in [-0.25, -0.2) is 9.97 Å². The first-order valence-electron chi connectivity index (χ1n) is 7.72. The summed E-state index contributed by atoms with van der Waals surface area (Å²) in [5.41, 5.74) is 2.76. The number of halogens is 1. The van der Waals surface area contributed by atoms with Crippen molar-refractivity contribution < 1.29 is 4.79 Å². The summed E-state index contributed by atoms with van der Waals surface area (Å²) in [7, 11) is 0. The molecule has 1 atom stereocenters. The fourth-order valence-electron chi connectivity index (χ4n) is 2.57. The van der Waals surface area contributed by atoms with E-state index in [1.807, 2.05) is 44.2 Å². The largest absolute Gasteiger partial charge is 0.326 e. The third kappa shape index (κ3) is 4.93. The maximum atomic E-state index is 12.1. The summed E-state index contributed by atoms with van der Waals surface area (Å²) in [4.78, 5) is 22.0. The van der Waals surface area contributed by atoms with Crippen LogP contribution < -0.4 is 10.6 Å². The fraction of sp³-hybridized carbons (Fsp3) is 0.353. The molecule has 2 aromatic rings. The Morgan fingerprint density at radius 2 is 1.88 bits per heavy atom. The summed E-state index contributed by atoms with van der Waals surface area (Å²) in [5, 5.41) is 6.93. The van der Waals surface area contributed by atoms with Crippen LogP contribution in [0.2, 0.25) is 0 Å². The zero-order valence-corrected chi connectivity index (χ0v) is 15.3. The van der Waals surface area contributed by atoms with Gasteiger partial charge in [0.15, 0.2) is 5.16 Å². The topological polar surface area (TPSA) is 66.9 Å². The van der Waals surface area contributed by atoms with Crippen LogP contribution in [-0.2, 0) is 4.79 Å². The third-order valence-corrected chi connectivity index (χ3v) is 4.60. The van der Waals surface area contributed by atoms with E-state index in [1.165, 1.54) is 11.8 Å². The van der Waals surface area contributed by atoms with Crippen LogP contribution in [-0.4, -0.2) is 29.0 Å². The average Bonchev–Trinajstić information content (AvgIpc) is 3.02. The number of hydrogen-bond acceptors (Lipinski definition) is 5. The Kier molecular flexibility index (Phi) is 6.60. The number of hydrogen-bond donors (Lipinski definition) is 2. The molecule has 1 saturated heterocycles. The molecule has 2 N–H and O–H groups in total. The summed E-state index contributed by atoms with van der Waals surface area (Å²) in [5.74, 6) is 0.167. The van der Waals surface area contributed by atoms with E-state index in [0.717, 1.165) is 46.6 Å². The second kappa shape index (κ2) is 8.46. The fourth-order valence-corrected chi connectivity index (χ4v) is 3.44. The van der Waals surface area contributed by atoms with Crippen molar-refractivity contribution in [3.8, 4) is 0 Å². The number of nitrogens with one attached hydrogen (secondary N) is 2. The summed E-state index contributed by atoms with van der Waals surface area (Å²) in [6.45, 7) is 5.62. The Morgan fingerprint density at radius 1 is 1.21 bits per heavy atom. The maximum Gasteiger partial charge on any atom is 0.228 e. The van der Waals surface area contributed by atoms with E-state index in [2.05, 4.69) is 20.6 Å². The van der Waals surface area contributed by atoms with Crippen molar-refractivity contribution in [2.45, 2.75) is 30.3 Å². The molecule has 24 heavy (non-hydrogen) atoms. The van der Waals surface area contributed by atoms with E-state index in [0.29, 0.717) is 0 Å². The van der Waals surface area contributed by atoms with E-state index in [9.17, 15) is 4.79 Å². The van der Waals surface area contributed by atoms with E-state index in [4.69, 9.17) is 0 Å². The lowest BCUT2D eigenvalue weighted by molar-refractivity contribution is -0.119. The Morgan fingerprint density at radius 3 is 2.46 bits per heavy atom. The molecule has 5 nitrogen and oxygen atoms in total. The van der Waals surface area contributed by atoms with Gasteiger partial charge < -0.3 is 10.6 Å². The second-order valence-corrected chi connectivity index (χ2v) is 6.78. The predicted molar refractivity (Wildman–Crippen MR) is 98.9 cm³/mol. The number of anilines is 1. The second-order valence-electron chi connectivity index (χ2n) is 5.74. The number of aryl methyl sites for hydroxylation is 2. The van der Waals surface area contributed by atoms with E-state index < -0.39 is 0 Å². The monoisotopic (exact) mass is 364 g/mol. The molecular weight excluding hydrogens is 344 g/mol. The average molecular weight is 365 g/mol. The summed E-state index contributed by atoms with van der Waals surface area (Å²) in [6.07, 6.45) is 0.907. The van der Waals surface area contributed by atoms with Gasteiger partial charge in [-0.05, 0) is 68.9 Å². The molecular formula is C17H21ClN4OS. The van der Waals surface area contributed by atoms with Gasteiger partial charge in [-0.15, -0.1) is 12.4 Å². The molecule has 1 aromatic heterocycles. The quantitative estimate of drug-likeness (QED) is 0.815. The minimum atomic E-state index is 0. The highest BCUT2D eigenvalue weighted by Gasteiger charge is 2.22. The lowest BCUT2D eigenvalue weighted by Crippen LogP contribution is -2.24. The molecule has 0 aliphatic carbocycles. The number of amides is 1. The number of carbonyl (C=O) groups is 1. The highest BCUT2D eigenvalue weighted by molar-refractivity contribution is 7.99. The molecule has 1 aliphatic heterocycles. The van der Waals surface area contributed by atoms with Gasteiger partial charge in [0, 0.05) is 28.5 Å². The zero-order chi connectivity index (χ0) is 16.2. The highest BCUT2D eigenvalue weighted by Crippen LogP contribution is 2.26.